The molecular weight excluding hydrogens is 280 g/mol. The highest BCUT2D eigenvalue weighted by Crippen LogP contribution is 2.27. The van der Waals surface area contributed by atoms with Crippen LogP contribution in [-0.2, 0) is 10.0 Å². The second-order valence-corrected chi connectivity index (χ2v) is 8.65. The van der Waals surface area contributed by atoms with Crippen LogP contribution in [-0.4, -0.2) is 44.8 Å². The van der Waals surface area contributed by atoms with Crippen LogP contribution in [0.15, 0.2) is 0 Å². The van der Waals surface area contributed by atoms with Gasteiger partial charge in [0.2, 0.25) is 10.0 Å². The van der Waals surface area contributed by atoms with Crippen molar-refractivity contribution in [2.45, 2.75) is 49.8 Å². The minimum atomic E-state index is -3.13. The molecule has 2 aliphatic rings. The second kappa shape index (κ2) is 7.29. The first kappa shape index (κ1) is 15.6. The Morgan fingerprint density at radius 2 is 2.00 bits per heavy atom. The summed E-state index contributed by atoms with van der Waals surface area (Å²) in [6.45, 7) is 1.87. The van der Waals surface area contributed by atoms with E-state index >= 15 is 0 Å². The number of hydrogen-bond donors (Lipinski definition) is 2. The van der Waals surface area contributed by atoms with Crippen molar-refractivity contribution in [3.05, 3.63) is 0 Å². The van der Waals surface area contributed by atoms with Crippen molar-refractivity contribution in [3.63, 3.8) is 0 Å². The van der Waals surface area contributed by atoms with Gasteiger partial charge in [-0.15, -0.1) is 0 Å². The third kappa shape index (κ3) is 4.92. The summed E-state index contributed by atoms with van der Waals surface area (Å²) in [5, 5.41) is 3.74. The summed E-state index contributed by atoms with van der Waals surface area (Å²) in [4.78, 5) is 0. The monoisotopic (exact) mass is 306 g/mol. The van der Waals surface area contributed by atoms with Gasteiger partial charge in [0.15, 0.2) is 0 Å². The molecule has 1 aliphatic heterocycles. The lowest BCUT2D eigenvalue weighted by molar-refractivity contribution is 0.394. The number of thioether (sulfide) groups is 1. The van der Waals surface area contributed by atoms with Crippen LogP contribution < -0.4 is 10.0 Å². The summed E-state index contributed by atoms with van der Waals surface area (Å²) in [5.41, 5.74) is 0. The van der Waals surface area contributed by atoms with Crippen molar-refractivity contribution in [2.24, 2.45) is 5.92 Å². The van der Waals surface area contributed by atoms with Crippen molar-refractivity contribution in [2.75, 3.05) is 25.1 Å². The van der Waals surface area contributed by atoms with Crippen LogP contribution in [0.4, 0.5) is 0 Å². The minimum Gasteiger partial charge on any atom is -0.316 e. The quantitative estimate of drug-likeness (QED) is 0.810. The molecular formula is C13H26N2O2S2. The fourth-order valence-corrected chi connectivity index (χ4v) is 5.93. The van der Waals surface area contributed by atoms with Crippen LogP contribution in [0.3, 0.4) is 0 Å². The van der Waals surface area contributed by atoms with E-state index in [4.69, 9.17) is 0 Å². The van der Waals surface area contributed by atoms with Crippen LogP contribution in [0.5, 0.6) is 0 Å². The highest BCUT2D eigenvalue weighted by molar-refractivity contribution is 7.99. The van der Waals surface area contributed by atoms with Crippen molar-refractivity contribution >= 4 is 21.8 Å². The highest BCUT2D eigenvalue weighted by Gasteiger charge is 2.29. The lowest BCUT2D eigenvalue weighted by atomic mass is 9.96. The predicted octanol–water partition coefficient (Wildman–Crippen LogP) is 1.58. The highest BCUT2D eigenvalue weighted by atomic mass is 32.2. The third-order valence-corrected chi connectivity index (χ3v) is 6.93. The molecule has 0 aromatic carbocycles. The summed E-state index contributed by atoms with van der Waals surface area (Å²) < 4.78 is 27.5. The molecule has 1 aliphatic carbocycles. The van der Waals surface area contributed by atoms with Gasteiger partial charge in [-0.25, -0.2) is 13.1 Å². The van der Waals surface area contributed by atoms with Crippen molar-refractivity contribution in [1.82, 2.24) is 10.0 Å². The van der Waals surface area contributed by atoms with Gasteiger partial charge in [-0.05, 0) is 50.9 Å². The summed E-state index contributed by atoms with van der Waals surface area (Å²) in [6, 6.07) is 0.144. The first-order chi connectivity index (χ1) is 9.11. The van der Waals surface area contributed by atoms with E-state index in [1.807, 2.05) is 0 Å². The Bertz CT molecular complexity index is 367. The molecule has 0 aromatic rings. The molecule has 2 rings (SSSR count). The van der Waals surface area contributed by atoms with Crippen LogP contribution in [0.2, 0.25) is 0 Å². The maximum absolute atomic E-state index is 12.3. The van der Waals surface area contributed by atoms with E-state index < -0.39 is 10.0 Å². The largest absolute Gasteiger partial charge is 0.316 e. The third-order valence-electron chi connectivity index (χ3n) is 4.19. The topological polar surface area (TPSA) is 58.2 Å². The van der Waals surface area contributed by atoms with Gasteiger partial charge in [-0.3, -0.25) is 0 Å². The molecule has 4 nitrogen and oxygen atoms in total. The molecule has 0 radical (unpaired) electrons. The van der Waals surface area contributed by atoms with Gasteiger partial charge in [-0.2, -0.15) is 11.8 Å². The molecule has 1 saturated carbocycles. The summed E-state index contributed by atoms with van der Waals surface area (Å²) >= 11 is 1.80. The molecule has 2 N–H and O–H groups in total. The van der Waals surface area contributed by atoms with E-state index in [0.717, 1.165) is 45.2 Å². The molecule has 112 valence electrons. The molecule has 0 amide bonds. The van der Waals surface area contributed by atoms with E-state index in [2.05, 4.69) is 16.3 Å². The number of nitrogens with one attached hydrogen (secondary N) is 2. The van der Waals surface area contributed by atoms with Crippen molar-refractivity contribution in [1.29, 1.82) is 0 Å². The molecule has 1 saturated heterocycles. The SMILES string of the molecule is CSC1CCCCC1NS(=O)(=O)CC1CCCNC1. The van der Waals surface area contributed by atoms with Crippen molar-refractivity contribution in [3.8, 4) is 0 Å². The maximum Gasteiger partial charge on any atom is 0.212 e. The molecule has 19 heavy (non-hydrogen) atoms. The molecule has 3 atom stereocenters. The van der Waals surface area contributed by atoms with E-state index in [0.29, 0.717) is 5.25 Å². The van der Waals surface area contributed by atoms with E-state index in [9.17, 15) is 8.42 Å². The molecule has 0 aromatic heterocycles. The smallest absolute Gasteiger partial charge is 0.212 e. The van der Waals surface area contributed by atoms with Crippen molar-refractivity contribution < 1.29 is 8.42 Å². The summed E-state index contributed by atoms with van der Waals surface area (Å²) in [7, 11) is -3.13. The lowest BCUT2D eigenvalue weighted by Gasteiger charge is -2.31. The van der Waals surface area contributed by atoms with Gasteiger partial charge < -0.3 is 5.32 Å². The second-order valence-electron chi connectivity index (χ2n) is 5.78. The van der Waals surface area contributed by atoms with E-state index in [1.54, 1.807) is 11.8 Å². The van der Waals surface area contributed by atoms with Crippen LogP contribution in [0, 0.1) is 5.92 Å². The Balaban J connectivity index is 1.88. The minimum absolute atomic E-state index is 0.144. The van der Waals surface area contributed by atoms with Gasteiger partial charge in [0, 0.05) is 11.3 Å². The van der Waals surface area contributed by atoms with Gasteiger partial charge >= 0.3 is 0 Å². The van der Waals surface area contributed by atoms with Crippen LogP contribution >= 0.6 is 11.8 Å². The fourth-order valence-electron chi connectivity index (χ4n) is 3.17. The van der Waals surface area contributed by atoms with Crippen LogP contribution in [0.25, 0.3) is 0 Å². The molecule has 0 spiro atoms. The zero-order valence-corrected chi connectivity index (χ0v) is 13.4. The summed E-state index contributed by atoms with van der Waals surface area (Å²) in [5.74, 6) is 0.569. The standard InChI is InChI=1S/C13H26N2O2S2/c1-18-13-7-3-2-6-12(13)15-19(16,17)10-11-5-4-8-14-9-11/h11-15H,2-10H2,1H3. The first-order valence-electron chi connectivity index (χ1n) is 7.34. The average Bonchev–Trinajstić information content (AvgIpc) is 2.39. The zero-order valence-electron chi connectivity index (χ0n) is 11.7. The van der Waals surface area contributed by atoms with Crippen LogP contribution in [0.1, 0.15) is 38.5 Å². The molecule has 3 unspecified atom stereocenters. The Labute approximate surface area is 121 Å². The fraction of sp³-hybridized carbons (Fsp3) is 1.00. The normalized spacial score (nSPS) is 33.2. The maximum atomic E-state index is 12.3. The van der Waals surface area contributed by atoms with E-state index in [1.165, 1.54) is 6.42 Å². The van der Waals surface area contributed by atoms with Gasteiger partial charge in [-0.1, -0.05) is 12.8 Å². The van der Waals surface area contributed by atoms with E-state index in [-0.39, 0.29) is 17.7 Å². The molecule has 0 bridgehead atoms. The number of hydrogen-bond acceptors (Lipinski definition) is 4. The zero-order chi connectivity index (χ0) is 13.7. The average molecular weight is 306 g/mol. The Hall–Kier alpha value is 0.220. The number of piperidine rings is 1. The molecule has 1 heterocycles. The lowest BCUT2D eigenvalue weighted by Crippen LogP contribution is -2.46. The predicted molar refractivity (Wildman–Crippen MR) is 82.1 cm³/mol. The number of rotatable bonds is 5. The summed E-state index contributed by atoms with van der Waals surface area (Å²) in [6.07, 6.45) is 8.72. The van der Waals surface area contributed by atoms with Gasteiger partial charge in [0.1, 0.15) is 0 Å². The molecule has 2 fully saturated rings. The Kier molecular flexibility index (Phi) is 5.99. The Morgan fingerprint density at radius 3 is 2.68 bits per heavy atom. The molecule has 6 heteroatoms. The van der Waals surface area contributed by atoms with Gasteiger partial charge in [0.25, 0.3) is 0 Å². The first-order valence-corrected chi connectivity index (χ1v) is 10.3. The number of sulfonamides is 1. The van der Waals surface area contributed by atoms with Gasteiger partial charge in [0.05, 0.1) is 5.75 Å². The Morgan fingerprint density at radius 1 is 1.21 bits per heavy atom.